The highest BCUT2D eigenvalue weighted by Gasteiger charge is 2.18. The molecular formula is C11H11Br2N5O2S. The Morgan fingerprint density at radius 3 is 2.14 bits per heavy atom. The Morgan fingerprint density at radius 1 is 1.14 bits per heavy atom. The minimum atomic E-state index is -3.80. The van der Waals surface area contributed by atoms with E-state index in [2.05, 4.69) is 52.0 Å². The first-order valence-electron chi connectivity index (χ1n) is 5.60. The van der Waals surface area contributed by atoms with Crippen LogP contribution in [0.3, 0.4) is 0 Å². The van der Waals surface area contributed by atoms with E-state index < -0.39 is 10.0 Å². The van der Waals surface area contributed by atoms with Crippen molar-refractivity contribution >= 4 is 53.5 Å². The van der Waals surface area contributed by atoms with Gasteiger partial charge in [-0.1, -0.05) is 0 Å². The summed E-state index contributed by atoms with van der Waals surface area (Å²) in [6.45, 7) is 1.90. The molecule has 0 amide bonds. The van der Waals surface area contributed by atoms with Gasteiger partial charge in [0.1, 0.15) is 4.90 Å². The monoisotopic (exact) mass is 435 g/mol. The molecule has 0 spiro atoms. The number of halogens is 2. The minimum absolute atomic E-state index is 0.0686. The van der Waals surface area contributed by atoms with Gasteiger partial charge in [-0.2, -0.15) is 0 Å². The second kappa shape index (κ2) is 6.26. The lowest BCUT2D eigenvalue weighted by Gasteiger charge is -2.12. The second-order valence-electron chi connectivity index (χ2n) is 4.10. The molecular weight excluding hydrogens is 426 g/mol. The predicted octanol–water partition coefficient (Wildman–Crippen LogP) is 2.40. The molecule has 1 aromatic carbocycles. The third-order valence-corrected chi connectivity index (χ3v) is 5.05. The fourth-order valence-corrected chi connectivity index (χ4v) is 4.39. The summed E-state index contributed by atoms with van der Waals surface area (Å²) in [5, 5.41) is 0. The smallest absolute Gasteiger partial charge is 0.265 e. The summed E-state index contributed by atoms with van der Waals surface area (Å²) in [5.74, 6) is 5.27. The van der Waals surface area contributed by atoms with Crippen LogP contribution in [-0.4, -0.2) is 18.4 Å². The van der Waals surface area contributed by atoms with E-state index in [9.17, 15) is 8.42 Å². The molecule has 2 rings (SSSR count). The van der Waals surface area contributed by atoms with E-state index in [4.69, 9.17) is 5.84 Å². The van der Waals surface area contributed by atoms with Crippen molar-refractivity contribution in [1.82, 2.24) is 9.97 Å². The van der Waals surface area contributed by atoms with Crippen molar-refractivity contribution in [3.05, 3.63) is 39.0 Å². The Labute approximate surface area is 138 Å². The second-order valence-corrected chi connectivity index (χ2v) is 7.49. The number of hydrogen-bond donors (Lipinski definition) is 3. The van der Waals surface area contributed by atoms with Crippen molar-refractivity contribution in [1.29, 1.82) is 0 Å². The summed E-state index contributed by atoms with van der Waals surface area (Å²) in [6, 6.07) is 3.61. The van der Waals surface area contributed by atoms with Gasteiger partial charge in [0.15, 0.2) is 0 Å². The third-order valence-electron chi connectivity index (χ3n) is 2.49. The number of rotatable bonds is 4. The standard InChI is InChI=1S/C11H11Br2N5O2S/c1-6-2-8(12)10(9(13)3-6)18-21(19,20)7-4-15-11(17-14)16-5-7/h2-5,18H,14H2,1H3,(H,15,16,17). The van der Waals surface area contributed by atoms with Gasteiger partial charge >= 0.3 is 0 Å². The summed E-state index contributed by atoms with van der Waals surface area (Å²) in [4.78, 5) is 7.48. The van der Waals surface area contributed by atoms with Gasteiger partial charge in [0.05, 0.1) is 18.1 Å². The maximum Gasteiger partial charge on any atom is 0.265 e. The molecule has 4 N–H and O–H groups in total. The minimum Gasteiger partial charge on any atom is -0.292 e. The molecule has 1 heterocycles. The molecule has 7 nitrogen and oxygen atoms in total. The molecule has 0 fully saturated rings. The van der Waals surface area contributed by atoms with E-state index >= 15 is 0 Å². The average Bonchev–Trinajstić information content (AvgIpc) is 2.43. The molecule has 112 valence electrons. The van der Waals surface area contributed by atoms with Gasteiger partial charge < -0.3 is 0 Å². The van der Waals surface area contributed by atoms with Crippen LogP contribution in [0.15, 0.2) is 38.4 Å². The first kappa shape index (κ1) is 16.1. The number of nitrogens with one attached hydrogen (secondary N) is 2. The van der Waals surface area contributed by atoms with Crippen molar-refractivity contribution in [2.75, 3.05) is 10.1 Å². The summed E-state index contributed by atoms with van der Waals surface area (Å²) < 4.78 is 28.3. The Balaban J connectivity index is 2.37. The largest absolute Gasteiger partial charge is 0.292 e. The molecule has 0 bridgehead atoms. The first-order valence-corrected chi connectivity index (χ1v) is 8.67. The zero-order valence-electron chi connectivity index (χ0n) is 10.8. The number of nitrogens with zero attached hydrogens (tertiary/aromatic N) is 2. The number of anilines is 2. The van der Waals surface area contributed by atoms with Gasteiger partial charge in [0, 0.05) is 8.95 Å². The molecule has 0 aliphatic rings. The molecule has 1 aromatic heterocycles. The number of nitrogen functional groups attached to an aromatic ring is 1. The number of nitrogens with two attached hydrogens (primary N) is 1. The van der Waals surface area contributed by atoms with Crippen LogP contribution >= 0.6 is 31.9 Å². The van der Waals surface area contributed by atoms with Crippen molar-refractivity contribution in [3.8, 4) is 0 Å². The van der Waals surface area contributed by atoms with Gasteiger partial charge in [-0.05, 0) is 56.5 Å². The fraction of sp³-hybridized carbons (Fsp3) is 0.0909. The number of aromatic nitrogens is 2. The molecule has 2 aromatic rings. The van der Waals surface area contributed by atoms with E-state index in [0.29, 0.717) is 14.6 Å². The molecule has 21 heavy (non-hydrogen) atoms. The Morgan fingerprint density at radius 2 is 1.67 bits per heavy atom. The zero-order chi connectivity index (χ0) is 15.6. The van der Waals surface area contributed by atoms with E-state index in [1.165, 1.54) is 12.4 Å². The van der Waals surface area contributed by atoms with Crippen molar-refractivity contribution in [3.63, 3.8) is 0 Å². The van der Waals surface area contributed by atoms with Crippen LogP contribution in [-0.2, 0) is 10.0 Å². The van der Waals surface area contributed by atoms with Gasteiger partial charge in [0.2, 0.25) is 5.95 Å². The Bertz CT molecular complexity index is 742. The molecule has 10 heteroatoms. The number of benzene rings is 1. The van der Waals surface area contributed by atoms with Crippen LogP contribution in [0.25, 0.3) is 0 Å². The van der Waals surface area contributed by atoms with Crippen molar-refractivity contribution in [2.45, 2.75) is 11.8 Å². The predicted molar refractivity (Wildman–Crippen MR) is 87.2 cm³/mol. The molecule has 0 aliphatic heterocycles. The molecule has 0 saturated heterocycles. The maximum atomic E-state index is 12.3. The topological polar surface area (TPSA) is 110 Å². The van der Waals surface area contributed by atoms with E-state index in [-0.39, 0.29) is 10.8 Å². The van der Waals surface area contributed by atoms with Crippen molar-refractivity contribution in [2.24, 2.45) is 5.84 Å². The lowest BCUT2D eigenvalue weighted by atomic mass is 10.2. The highest BCUT2D eigenvalue weighted by Crippen LogP contribution is 2.33. The quantitative estimate of drug-likeness (QED) is 0.501. The SMILES string of the molecule is Cc1cc(Br)c(NS(=O)(=O)c2cnc(NN)nc2)c(Br)c1. The van der Waals surface area contributed by atoms with Crippen LogP contribution < -0.4 is 16.0 Å². The number of sulfonamides is 1. The summed E-state index contributed by atoms with van der Waals surface area (Å²) >= 11 is 6.66. The van der Waals surface area contributed by atoms with Crippen molar-refractivity contribution < 1.29 is 8.42 Å². The number of hydrazine groups is 1. The first-order chi connectivity index (χ1) is 9.83. The zero-order valence-corrected chi connectivity index (χ0v) is 14.8. The molecule has 0 atom stereocenters. The molecule has 0 aliphatic carbocycles. The summed E-state index contributed by atoms with van der Waals surface area (Å²) in [7, 11) is -3.80. The number of aryl methyl sites for hydroxylation is 1. The van der Waals surface area contributed by atoms with Gasteiger partial charge in [-0.15, -0.1) is 0 Å². The van der Waals surface area contributed by atoms with Gasteiger partial charge in [-0.3, -0.25) is 10.1 Å². The van der Waals surface area contributed by atoms with E-state index in [0.717, 1.165) is 5.56 Å². The number of hydrogen-bond acceptors (Lipinski definition) is 6. The summed E-state index contributed by atoms with van der Waals surface area (Å²) in [5.41, 5.74) is 3.62. The summed E-state index contributed by atoms with van der Waals surface area (Å²) in [6.07, 6.45) is 2.33. The molecule has 0 unspecified atom stereocenters. The maximum absolute atomic E-state index is 12.3. The third kappa shape index (κ3) is 3.70. The lowest BCUT2D eigenvalue weighted by Crippen LogP contribution is -2.16. The highest BCUT2D eigenvalue weighted by atomic mass is 79.9. The van der Waals surface area contributed by atoms with Crippen LogP contribution in [0, 0.1) is 6.92 Å². The normalized spacial score (nSPS) is 11.2. The highest BCUT2D eigenvalue weighted by molar-refractivity contribution is 9.11. The van der Waals surface area contributed by atoms with Crippen LogP contribution in [0.1, 0.15) is 5.56 Å². The van der Waals surface area contributed by atoms with Crippen LogP contribution in [0.2, 0.25) is 0 Å². The fourth-order valence-electron chi connectivity index (χ4n) is 1.52. The average molecular weight is 437 g/mol. The molecule has 0 radical (unpaired) electrons. The van der Waals surface area contributed by atoms with Crippen LogP contribution in [0.4, 0.5) is 11.6 Å². The van der Waals surface area contributed by atoms with E-state index in [1.54, 1.807) is 12.1 Å². The van der Waals surface area contributed by atoms with Gasteiger partial charge in [-0.25, -0.2) is 24.2 Å². The van der Waals surface area contributed by atoms with Gasteiger partial charge in [0.25, 0.3) is 10.0 Å². The lowest BCUT2D eigenvalue weighted by molar-refractivity contribution is 0.600. The molecule has 0 saturated carbocycles. The van der Waals surface area contributed by atoms with E-state index in [1.807, 2.05) is 6.92 Å². The Hall–Kier alpha value is -1.23. The Kier molecular flexibility index (Phi) is 4.81. The van der Waals surface area contributed by atoms with Crippen LogP contribution in [0.5, 0.6) is 0 Å².